The maximum Gasteiger partial charge on any atom is 0.123 e. The lowest BCUT2D eigenvalue weighted by molar-refractivity contribution is 0.145. The van der Waals surface area contributed by atoms with Crippen LogP contribution in [0.25, 0.3) is 0 Å². The van der Waals surface area contributed by atoms with Crippen molar-refractivity contribution in [2.45, 2.75) is 18.6 Å². The number of hydrogen-bond donors (Lipinski definition) is 2. The summed E-state index contributed by atoms with van der Waals surface area (Å²) in [7, 11) is 0. The van der Waals surface area contributed by atoms with Gasteiger partial charge in [0.2, 0.25) is 0 Å². The Labute approximate surface area is 118 Å². The first-order valence-electron chi connectivity index (χ1n) is 5.90. The van der Waals surface area contributed by atoms with Crippen molar-refractivity contribution in [1.82, 2.24) is 0 Å². The average molecular weight is 282 g/mol. The smallest absolute Gasteiger partial charge is 0.123 e. The normalized spacial score (nSPS) is 13.4. The summed E-state index contributed by atoms with van der Waals surface area (Å²) in [5.41, 5.74) is 7.56. The standard InChI is InChI=1S/C15H16FNO.ClH/c16-13-8-4-7-12(10-13)15(17)14(18)9-11-5-2-1-3-6-11;/h1-8,10,14-15,18H,9,17H2;1H/t14-,15+;/m1./s1. The van der Waals surface area contributed by atoms with E-state index in [1.807, 2.05) is 30.3 Å². The number of aliphatic hydroxyl groups excluding tert-OH is 1. The fraction of sp³-hybridized carbons (Fsp3) is 0.200. The zero-order valence-corrected chi connectivity index (χ0v) is 11.2. The van der Waals surface area contributed by atoms with Gasteiger partial charge in [-0.05, 0) is 23.3 Å². The van der Waals surface area contributed by atoms with Gasteiger partial charge >= 0.3 is 0 Å². The molecule has 0 heterocycles. The molecule has 0 spiro atoms. The first-order chi connectivity index (χ1) is 8.66. The zero-order valence-electron chi connectivity index (χ0n) is 10.4. The molecule has 0 radical (unpaired) electrons. The van der Waals surface area contributed by atoms with Gasteiger partial charge in [0.1, 0.15) is 5.82 Å². The molecule has 0 aliphatic carbocycles. The minimum Gasteiger partial charge on any atom is -0.391 e. The second-order valence-corrected chi connectivity index (χ2v) is 4.34. The summed E-state index contributed by atoms with van der Waals surface area (Å²) in [4.78, 5) is 0. The van der Waals surface area contributed by atoms with Crippen LogP contribution in [0.5, 0.6) is 0 Å². The third-order valence-electron chi connectivity index (χ3n) is 2.94. The number of halogens is 2. The van der Waals surface area contributed by atoms with Crippen LogP contribution in [0.2, 0.25) is 0 Å². The second-order valence-electron chi connectivity index (χ2n) is 4.34. The highest BCUT2D eigenvalue weighted by molar-refractivity contribution is 5.85. The first kappa shape index (κ1) is 15.6. The molecule has 2 rings (SSSR count). The molecule has 0 bridgehead atoms. The number of hydrogen-bond acceptors (Lipinski definition) is 2. The van der Waals surface area contributed by atoms with Gasteiger partial charge in [0, 0.05) is 6.42 Å². The van der Waals surface area contributed by atoms with Gasteiger partial charge < -0.3 is 10.8 Å². The molecule has 0 amide bonds. The molecule has 0 saturated carbocycles. The molecule has 0 aliphatic rings. The maximum atomic E-state index is 13.1. The van der Waals surface area contributed by atoms with Crippen LogP contribution in [0.15, 0.2) is 54.6 Å². The molecule has 0 aliphatic heterocycles. The summed E-state index contributed by atoms with van der Waals surface area (Å²) < 4.78 is 13.1. The maximum absolute atomic E-state index is 13.1. The van der Waals surface area contributed by atoms with Crippen molar-refractivity contribution in [3.05, 3.63) is 71.5 Å². The van der Waals surface area contributed by atoms with Gasteiger partial charge in [-0.3, -0.25) is 0 Å². The van der Waals surface area contributed by atoms with Gasteiger partial charge in [-0.1, -0.05) is 42.5 Å². The quantitative estimate of drug-likeness (QED) is 0.905. The second kappa shape index (κ2) is 7.24. The molecular weight excluding hydrogens is 265 g/mol. The highest BCUT2D eigenvalue weighted by atomic mass is 35.5. The van der Waals surface area contributed by atoms with E-state index in [0.717, 1.165) is 5.56 Å². The molecule has 3 N–H and O–H groups in total. The Bertz CT molecular complexity index is 507. The third kappa shape index (κ3) is 4.31. The van der Waals surface area contributed by atoms with Gasteiger partial charge in [-0.25, -0.2) is 4.39 Å². The molecule has 0 unspecified atom stereocenters. The molecule has 0 saturated heterocycles. The van der Waals surface area contributed by atoms with Crippen LogP contribution in [0.1, 0.15) is 17.2 Å². The predicted molar refractivity (Wildman–Crippen MR) is 76.7 cm³/mol. The van der Waals surface area contributed by atoms with Crippen LogP contribution in [0.4, 0.5) is 4.39 Å². The van der Waals surface area contributed by atoms with E-state index in [9.17, 15) is 9.50 Å². The monoisotopic (exact) mass is 281 g/mol. The van der Waals surface area contributed by atoms with Gasteiger partial charge in [0.25, 0.3) is 0 Å². The summed E-state index contributed by atoms with van der Waals surface area (Å²) in [6.45, 7) is 0. The van der Waals surface area contributed by atoms with E-state index in [1.54, 1.807) is 12.1 Å². The summed E-state index contributed by atoms with van der Waals surface area (Å²) in [6.07, 6.45) is -0.271. The minimum atomic E-state index is -0.728. The lowest BCUT2D eigenvalue weighted by Crippen LogP contribution is -2.28. The number of aliphatic hydroxyl groups is 1. The number of benzene rings is 2. The van der Waals surface area contributed by atoms with Crippen LogP contribution in [0, 0.1) is 5.82 Å². The van der Waals surface area contributed by atoms with Crippen molar-refractivity contribution in [2.24, 2.45) is 5.73 Å². The van der Waals surface area contributed by atoms with E-state index >= 15 is 0 Å². The predicted octanol–water partition coefficient (Wildman–Crippen LogP) is 2.85. The number of rotatable bonds is 4. The lowest BCUT2D eigenvalue weighted by Gasteiger charge is -2.19. The van der Waals surface area contributed by atoms with E-state index in [4.69, 9.17) is 5.73 Å². The van der Waals surface area contributed by atoms with Crippen molar-refractivity contribution < 1.29 is 9.50 Å². The van der Waals surface area contributed by atoms with E-state index in [0.29, 0.717) is 12.0 Å². The fourth-order valence-corrected chi connectivity index (χ4v) is 1.92. The fourth-order valence-electron chi connectivity index (χ4n) is 1.92. The minimum absolute atomic E-state index is 0. The van der Waals surface area contributed by atoms with Gasteiger partial charge in [-0.2, -0.15) is 0 Å². The van der Waals surface area contributed by atoms with E-state index < -0.39 is 12.1 Å². The van der Waals surface area contributed by atoms with Crippen LogP contribution >= 0.6 is 12.4 Å². The SMILES string of the molecule is Cl.N[C@@H](c1cccc(F)c1)[C@H](O)Cc1ccccc1. The van der Waals surface area contributed by atoms with E-state index in [-0.39, 0.29) is 18.2 Å². The summed E-state index contributed by atoms with van der Waals surface area (Å²) in [5, 5.41) is 10.1. The Morgan fingerprint density at radius 2 is 1.74 bits per heavy atom. The topological polar surface area (TPSA) is 46.2 Å². The van der Waals surface area contributed by atoms with E-state index in [1.165, 1.54) is 12.1 Å². The Morgan fingerprint density at radius 3 is 2.37 bits per heavy atom. The molecule has 19 heavy (non-hydrogen) atoms. The summed E-state index contributed by atoms with van der Waals surface area (Å²) >= 11 is 0. The average Bonchev–Trinajstić information content (AvgIpc) is 2.39. The molecule has 2 nitrogen and oxygen atoms in total. The Morgan fingerprint density at radius 1 is 1.05 bits per heavy atom. The highest BCUT2D eigenvalue weighted by Crippen LogP contribution is 2.18. The molecule has 0 fully saturated rings. The Balaban J connectivity index is 0.00000180. The van der Waals surface area contributed by atoms with Crippen molar-refractivity contribution in [3.8, 4) is 0 Å². The van der Waals surface area contributed by atoms with Crippen LogP contribution in [-0.4, -0.2) is 11.2 Å². The highest BCUT2D eigenvalue weighted by Gasteiger charge is 2.17. The zero-order chi connectivity index (χ0) is 13.0. The third-order valence-corrected chi connectivity index (χ3v) is 2.94. The molecule has 0 aromatic heterocycles. The van der Waals surface area contributed by atoms with Crippen molar-refractivity contribution >= 4 is 12.4 Å². The molecule has 2 atom stereocenters. The van der Waals surface area contributed by atoms with Crippen molar-refractivity contribution in [2.75, 3.05) is 0 Å². The molecule has 2 aromatic carbocycles. The molecule has 4 heteroatoms. The van der Waals surface area contributed by atoms with Crippen LogP contribution in [0.3, 0.4) is 0 Å². The summed E-state index contributed by atoms with van der Waals surface area (Å²) in [6, 6.07) is 15.1. The van der Waals surface area contributed by atoms with Gasteiger partial charge in [-0.15, -0.1) is 12.4 Å². The first-order valence-corrected chi connectivity index (χ1v) is 5.90. The lowest BCUT2D eigenvalue weighted by atomic mass is 9.97. The largest absolute Gasteiger partial charge is 0.391 e. The van der Waals surface area contributed by atoms with Crippen LogP contribution in [-0.2, 0) is 6.42 Å². The van der Waals surface area contributed by atoms with Crippen LogP contribution < -0.4 is 5.73 Å². The summed E-state index contributed by atoms with van der Waals surface area (Å²) in [5.74, 6) is -0.338. The van der Waals surface area contributed by atoms with Crippen molar-refractivity contribution in [3.63, 3.8) is 0 Å². The number of nitrogens with two attached hydrogens (primary N) is 1. The molecule has 102 valence electrons. The van der Waals surface area contributed by atoms with E-state index in [2.05, 4.69) is 0 Å². The van der Waals surface area contributed by atoms with Gasteiger partial charge in [0.05, 0.1) is 12.1 Å². The Hall–Kier alpha value is -1.42. The Kier molecular flexibility index (Phi) is 5.96. The van der Waals surface area contributed by atoms with Gasteiger partial charge in [0.15, 0.2) is 0 Å². The molecule has 2 aromatic rings. The molecular formula is C15H17ClFNO. The van der Waals surface area contributed by atoms with Crippen molar-refractivity contribution in [1.29, 1.82) is 0 Å².